The standard InChI is InChI=1S/C20H39N/c1-5-7-17-9-12-18(13-10-17)20(21-6-2)19-11-8-15(3)16(4)14-19/h15-21H,5-14H2,1-4H3. The van der Waals surface area contributed by atoms with Gasteiger partial charge in [0.1, 0.15) is 0 Å². The Bertz CT molecular complexity index is 280. The largest absolute Gasteiger partial charge is 0.314 e. The van der Waals surface area contributed by atoms with Crippen LogP contribution in [0.2, 0.25) is 0 Å². The molecule has 0 aromatic rings. The second-order valence-corrected chi connectivity index (χ2v) is 8.18. The third kappa shape index (κ3) is 4.71. The van der Waals surface area contributed by atoms with Crippen LogP contribution >= 0.6 is 0 Å². The zero-order valence-electron chi connectivity index (χ0n) is 15.0. The second-order valence-electron chi connectivity index (χ2n) is 8.18. The van der Waals surface area contributed by atoms with Crippen molar-refractivity contribution >= 4 is 0 Å². The Hall–Kier alpha value is -0.0400. The average molecular weight is 294 g/mol. The summed E-state index contributed by atoms with van der Waals surface area (Å²) in [5, 5.41) is 3.90. The molecular formula is C20H39N. The maximum Gasteiger partial charge on any atom is 0.0124 e. The molecule has 2 fully saturated rings. The summed E-state index contributed by atoms with van der Waals surface area (Å²) in [6, 6.07) is 0.813. The molecule has 0 aromatic carbocycles. The van der Waals surface area contributed by atoms with Gasteiger partial charge >= 0.3 is 0 Å². The van der Waals surface area contributed by atoms with Gasteiger partial charge in [-0.1, -0.05) is 59.8 Å². The summed E-state index contributed by atoms with van der Waals surface area (Å²) in [7, 11) is 0. The first-order chi connectivity index (χ1) is 10.2. The highest BCUT2D eigenvalue weighted by Crippen LogP contribution is 2.41. The van der Waals surface area contributed by atoms with Gasteiger partial charge in [-0.2, -0.15) is 0 Å². The summed E-state index contributed by atoms with van der Waals surface area (Å²) in [5.74, 6) is 4.83. The Morgan fingerprint density at radius 1 is 0.857 bits per heavy atom. The van der Waals surface area contributed by atoms with Crippen LogP contribution < -0.4 is 5.32 Å². The van der Waals surface area contributed by atoms with Crippen LogP contribution in [-0.2, 0) is 0 Å². The van der Waals surface area contributed by atoms with Crippen molar-refractivity contribution in [3.05, 3.63) is 0 Å². The second kappa shape index (κ2) is 8.56. The Balaban J connectivity index is 1.90. The molecule has 2 aliphatic rings. The van der Waals surface area contributed by atoms with E-state index in [0.29, 0.717) is 0 Å². The molecule has 1 heteroatoms. The van der Waals surface area contributed by atoms with Gasteiger partial charge in [0, 0.05) is 6.04 Å². The van der Waals surface area contributed by atoms with E-state index in [1.165, 1.54) is 57.8 Å². The Morgan fingerprint density at radius 3 is 2.10 bits per heavy atom. The highest BCUT2D eigenvalue weighted by atomic mass is 14.9. The molecule has 2 saturated carbocycles. The van der Waals surface area contributed by atoms with Crippen molar-refractivity contribution in [2.75, 3.05) is 6.54 Å². The quantitative estimate of drug-likeness (QED) is 0.668. The van der Waals surface area contributed by atoms with Crippen molar-refractivity contribution < 1.29 is 0 Å². The first-order valence-electron chi connectivity index (χ1n) is 9.89. The van der Waals surface area contributed by atoms with E-state index in [2.05, 4.69) is 33.0 Å². The van der Waals surface area contributed by atoms with Gasteiger partial charge in [0.05, 0.1) is 0 Å². The van der Waals surface area contributed by atoms with Crippen molar-refractivity contribution in [2.45, 2.75) is 91.5 Å². The summed E-state index contributed by atoms with van der Waals surface area (Å²) < 4.78 is 0. The lowest BCUT2D eigenvalue weighted by molar-refractivity contribution is 0.114. The fourth-order valence-electron chi connectivity index (χ4n) is 5.11. The minimum atomic E-state index is 0.813. The minimum absolute atomic E-state index is 0.813. The molecule has 0 saturated heterocycles. The van der Waals surface area contributed by atoms with E-state index < -0.39 is 0 Å². The summed E-state index contributed by atoms with van der Waals surface area (Å²) in [6.45, 7) is 10.7. The SMILES string of the molecule is CCCC1CCC(C(NCC)C2CCC(C)C(C)C2)CC1. The van der Waals surface area contributed by atoms with Crippen molar-refractivity contribution in [1.82, 2.24) is 5.32 Å². The molecule has 0 bridgehead atoms. The van der Waals surface area contributed by atoms with Crippen LogP contribution in [0, 0.1) is 29.6 Å². The number of rotatable bonds is 6. The molecule has 4 atom stereocenters. The molecule has 4 unspecified atom stereocenters. The van der Waals surface area contributed by atoms with Crippen LogP contribution in [0.4, 0.5) is 0 Å². The average Bonchev–Trinajstić information content (AvgIpc) is 2.49. The van der Waals surface area contributed by atoms with Gasteiger partial charge in [-0.05, 0) is 61.8 Å². The Labute approximate surface area is 133 Å². The van der Waals surface area contributed by atoms with E-state index in [1.54, 1.807) is 0 Å². The molecule has 0 spiro atoms. The summed E-state index contributed by atoms with van der Waals surface area (Å²) in [5.41, 5.74) is 0. The molecule has 2 aliphatic carbocycles. The number of hydrogen-bond donors (Lipinski definition) is 1. The first-order valence-corrected chi connectivity index (χ1v) is 9.89. The molecule has 0 aliphatic heterocycles. The van der Waals surface area contributed by atoms with Crippen LogP contribution in [0.3, 0.4) is 0 Å². The van der Waals surface area contributed by atoms with Crippen LogP contribution in [-0.4, -0.2) is 12.6 Å². The number of hydrogen-bond acceptors (Lipinski definition) is 1. The van der Waals surface area contributed by atoms with Gasteiger partial charge in [0.2, 0.25) is 0 Å². The van der Waals surface area contributed by atoms with E-state index in [9.17, 15) is 0 Å². The first kappa shape index (κ1) is 17.3. The predicted octanol–water partition coefficient (Wildman–Crippen LogP) is 5.64. The lowest BCUT2D eigenvalue weighted by Gasteiger charge is -2.42. The molecule has 124 valence electrons. The molecule has 1 N–H and O–H groups in total. The zero-order valence-corrected chi connectivity index (χ0v) is 15.0. The molecule has 0 heterocycles. The molecular weight excluding hydrogens is 254 g/mol. The van der Waals surface area contributed by atoms with E-state index >= 15 is 0 Å². The van der Waals surface area contributed by atoms with E-state index in [-0.39, 0.29) is 0 Å². The van der Waals surface area contributed by atoms with Gasteiger partial charge in [0.25, 0.3) is 0 Å². The highest BCUT2D eigenvalue weighted by Gasteiger charge is 2.35. The van der Waals surface area contributed by atoms with Crippen LogP contribution in [0.25, 0.3) is 0 Å². The molecule has 2 rings (SSSR count). The fraction of sp³-hybridized carbons (Fsp3) is 1.00. The molecule has 0 amide bonds. The maximum atomic E-state index is 3.90. The van der Waals surface area contributed by atoms with Crippen LogP contribution in [0.5, 0.6) is 0 Å². The molecule has 1 nitrogen and oxygen atoms in total. The minimum Gasteiger partial charge on any atom is -0.314 e. The van der Waals surface area contributed by atoms with E-state index in [4.69, 9.17) is 0 Å². The lowest BCUT2D eigenvalue weighted by Crippen LogP contribution is -2.45. The van der Waals surface area contributed by atoms with Crippen molar-refractivity contribution in [3.8, 4) is 0 Å². The van der Waals surface area contributed by atoms with Gasteiger partial charge in [-0.15, -0.1) is 0 Å². The Kier molecular flexibility index (Phi) is 7.05. The van der Waals surface area contributed by atoms with Crippen molar-refractivity contribution in [2.24, 2.45) is 29.6 Å². The van der Waals surface area contributed by atoms with Gasteiger partial charge in [-0.25, -0.2) is 0 Å². The normalized spacial score (nSPS) is 39.1. The molecule has 21 heavy (non-hydrogen) atoms. The van der Waals surface area contributed by atoms with Gasteiger partial charge in [0.15, 0.2) is 0 Å². The summed E-state index contributed by atoms with van der Waals surface area (Å²) >= 11 is 0. The van der Waals surface area contributed by atoms with Crippen molar-refractivity contribution in [1.29, 1.82) is 0 Å². The Morgan fingerprint density at radius 2 is 1.52 bits per heavy atom. The van der Waals surface area contributed by atoms with E-state index in [1.807, 2.05) is 0 Å². The van der Waals surface area contributed by atoms with Crippen LogP contribution in [0.15, 0.2) is 0 Å². The predicted molar refractivity (Wildman–Crippen MR) is 93.5 cm³/mol. The fourth-order valence-corrected chi connectivity index (χ4v) is 5.11. The van der Waals surface area contributed by atoms with Crippen LogP contribution in [0.1, 0.15) is 85.5 Å². The monoisotopic (exact) mass is 293 g/mol. The van der Waals surface area contributed by atoms with Gasteiger partial charge in [-0.3, -0.25) is 0 Å². The summed E-state index contributed by atoms with van der Waals surface area (Å²) in [4.78, 5) is 0. The summed E-state index contributed by atoms with van der Waals surface area (Å²) in [6.07, 6.45) is 13.2. The van der Waals surface area contributed by atoms with Crippen molar-refractivity contribution in [3.63, 3.8) is 0 Å². The van der Waals surface area contributed by atoms with E-state index in [0.717, 1.165) is 42.2 Å². The highest BCUT2D eigenvalue weighted by molar-refractivity contribution is 4.90. The molecule has 0 aromatic heterocycles. The maximum absolute atomic E-state index is 3.90. The third-order valence-electron chi connectivity index (χ3n) is 6.68. The topological polar surface area (TPSA) is 12.0 Å². The lowest BCUT2D eigenvalue weighted by atomic mass is 9.67. The molecule has 0 radical (unpaired) electrons. The number of nitrogens with one attached hydrogen (secondary N) is 1. The van der Waals surface area contributed by atoms with Gasteiger partial charge < -0.3 is 5.32 Å². The third-order valence-corrected chi connectivity index (χ3v) is 6.68. The zero-order chi connectivity index (χ0) is 15.2. The smallest absolute Gasteiger partial charge is 0.0124 e.